The number of fused-ring (bicyclic) bond motifs is 3. The number of amides is 1. The van der Waals surface area contributed by atoms with Crippen molar-refractivity contribution in [2.75, 3.05) is 13.7 Å². The Labute approximate surface area is 173 Å². The summed E-state index contributed by atoms with van der Waals surface area (Å²) >= 11 is 1.73. The van der Waals surface area contributed by atoms with E-state index in [9.17, 15) is 4.79 Å². The monoisotopic (exact) mass is 409 g/mol. The first-order valence-electron chi connectivity index (χ1n) is 9.44. The summed E-state index contributed by atoms with van der Waals surface area (Å²) < 4.78 is 10.4. The van der Waals surface area contributed by atoms with Gasteiger partial charge in [0.25, 0.3) is 0 Å². The van der Waals surface area contributed by atoms with E-state index < -0.39 is 12.1 Å². The number of methoxy groups -OCH3 is 1. The summed E-state index contributed by atoms with van der Waals surface area (Å²) in [6, 6.07) is 7.95. The molecule has 29 heavy (non-hydrogen) atoms. The van der Waals surface area contributed by atoms with Crippen LogP contribution in [0.2, 0.25) is 0 Å². The summed E-state index contributed by atoms with van der Waals surface area (Å²) in [6.45, 7) is 8.52. The number of aryl methyl sites for hydroxylation is 3. The molecule has 4 rings (SSSR count). The molecule has 1 amide bonds. The second-order valence-electron chi connectivity index (χ2n) is 7.23. The van der Waals surface area contributed by atoms with Crippen LogP contribution in [0.1, 0.15) is 44.6 Å². The van der Waals surface area contributed by atoms with Crippen LogP contribution >= 0.6 is 11.3 Å². The normalized spacial score (nSPS) is 15.2. The van der Waals surface area contributed by atoms with Crippen LogP contribution in [-0.2, 0) is 4.74 Å². The highest BCUT2D eigenvalue weighted by molar-refractivity contribution is 7.16. The van der Waals surface area contributed by atoms with Gasteiger partial charge in [-0.05, 0) is 33.3 Å². The number of rotatable bonds is 3. The number of carbonyl (C=O) groups is 1. The number of nitrogens with zero attached hydrogens (tertiary/aromatic N) is 2. The molecule has 3 heterocycles. The van der Waals surface area contributed by atoms with Crippen LogP contribution in [0, 0.1) is 27.7 Å². The molecule has 2 aromatic heterocycles. The van der Waals surface area contributed by atoms with E-state index in [0.717, 1.165) is 33.0 Å². The lowest BCUT2D eigenvalue weighted by Gasteiger charge is -2.13. The van der Waals surface area contributed by atoms with Gasteiger partial charge in [-0.1, -0.05) is 35.0 Å². The Kier molecular flexibility index (Phi) is 5.00. The fraction of sp³-hybridized carbons (Fsp3) is 0.318. The second-order valence-corrected chi connectivity index (χ2v) is 8.45. The van der Waals surface area contributed by atoms with Crippen LogP contribution in [0.4, 0.5) is 4.79 Å². The molecule has 1 aliphatic rings. The predicted octanol–water partition coefficient (Wildman–Crippen LogP) is 4.88. The molecular weight excluding hydrogens is 386 g/mol. The van der Waals surface area contributed by atoms with Crippen molar-refractivity contribution in [3.63, 3.8) is 0 Å². The molecule has 0 bridgehead atoms. The Morgan fingerprint density at radius 3 is 2.59 bits per heavy atom. The van der Waals surface area contributed by atoms with Gasteiger partial charge in [-0.3, -0.25) is 4.99 Å². The van der Waals surface area contributed by atoms with Crippen molar-refractivity contribution < 1.29 is 14.1 Å². The SMILES string of the molecule is COC(=O)NCC1N=C(c2ccc(C)cc2)c2c(sc(C)c2C)-c2c(C)noc21. The Hall–Kier alpha value is -2.93. The number of benzene rings is 1. The summed E-state index contributed by atoms with van der Waals surface area (Å²) in [5.41, 5.74) is 7.26. The maximum absolute atomic E-state index is 11.7. The highest BCUT2D eigenvalue weighted by Gasteiger charge is 2.33. The Morgan fingerprint density at radius 2 is 1.90 bits per heavy atom. The first-order valence-corrected chi connectivity index (χ1v) is 10.3. The molecule has 0 saturated carbocycles. The number of nitrogens with one attached hydrogen (secondary N) is 1. The number of thiophene rings is 1. The van der Waals surface area contributed by atoms with E-state index in [0.29, 0.717) is 5.76 Å². The fourth-order valence-electron chi connectivity index (χ4n) is 3.58. The van der Waals surface area contributed by atoms with E-state index in [1.54, 1.807) is 11.3 Å². The zero-order valence-corrected chi connectivity index (χ0v) is 17.9. The first kappa shape index (κ1) is 19.4. The first-order chi connectivity index (χ1) is 13.9. The number of aliphatic imine (C=N–C) groups is 1. The van der Waals surface area contributed by atoms with Crippen molar-refractivity contribution in [3.8, 4) is 10.4 Å². The van der Waals surface area contributed by atoms with Crippen molar-refractivity contribution in [2.24, 2.45) is 4.99 Å². The highest BCUT2D eigenvalue weighted by atomic mass is 32.1. The van der Waals surface area contributed by atoms with Crippen molar-refractivity contribution >= 4 is 23.1 Å². The zero-order chi connectivity index (χ0) is 20.7. The van der Waals surface area contributed by atoms with Gasteiger partial charge in [0.2, 0.25) is 0 Å². The minimum absolute atomic E-state index is 0.261. The van der Waals surface area contributed by atoms with Gasteiger partial charge >= 0.3 is 6.09 Å². The van der Waals surface area contributed by atoms with Gasteiger partial charge < -0.3 is 14.6 Å². The number of ether oxygens (including phenoxy) is 1. The topological polar surface area (TPSA) is 76.7 Å². The lowest BCUT2D eigenvalue weighted by atomic mass is 9.96. The lowest BCUT2D eigenvalue weighted by molar-refractivity contribution is 0.170. The number of alkyl carbamates (subject to hydrolysis) is 1. The van der Waals surface area contributed by atoms with Crippen molar-refractivity contribution in [3.05, 3.63) is 62.9 Å². The Morgan fingerprint density at radius 1 is 1.17 bits per heavy atom. The van der Waals surface area contributed by atoms with Gasteiger partial charge in [-0.2, -0.15) is 0 Å². The third-order valence-corrected chi connectivity index (χ3v) is 6.50. The molecule has 1 unspecified atom stereocenters. The maximum Gasteiger partial charge on any atom is 0.406 e. The number of aromatic nitrogens is 1. The van der Waals surface area contributed by atoms with Gasteiger partial charge in [0.1, 0.15) is 6.04 Å². The van der Waals surface area contributed by atoms with E-state index in [-0.39, 0.29) is 6.54 Å². The number of hydrogen-bond donors (Lipinski definition) is 1. The minimum atomic E-state index is -0.499. The molecule has 0 fully saturated rings. The number of hydrogen-bond acceptors (Lipinski definition) is 6. The average molecular weight is 410 g/mol. The van der Waals surface area contributed by atoms with Gasteiger partial charge in [0.05, 0.1) is 30.6 Å². The third kappa shape index (κ3) is 3.35. The van der Waals surface area contributed by atoms with Gasteiger partial charge in [-0.15, -0.1) is 11.3 Å². The molecule has 6 nitrogen and oxygen atoms in total. The second kappa shape index (κ2) is 7.48. The summed E-state index contributed by atoms with van der Waals surface area (Å²) in [5.74, 6) is 0.670. The lowest BCUT2D eigenvalue weighted by Crippen LogP contribution is -2.28. The molecule has 1 atom stereocenters. The van der Waals surface area contributed by atoms with Crippen LogP contribution < -0.4 is 5.32 Å². The number of carbonyl (C=O) groups excluding carboxylic acids is 1. The summed E-state index contributed by atoms with van der Waals surface area (Å²) in [6.07, 6.45) is -0.499. The van der Waals surface area contributed by atoms with E-state index in [4.69, 9.17) is 14.3 Å². The van der Waals surface area contributed by atoms with Crippen LogP contribution in [0.15, 0.2) is 33.8 Å². The van der Waals surface area contributed by atoms with Gasteiger partial charge in [0.15, 0.2) is 5.76 Å². The van der Waals surface area contributed by atoms with Crippen LogP contribution in [-0.4, -0.2) is 30.6 Å². The van der Waals surface area contributed by atoms with E-state index in [1.807, 2.05) is 6.92 Å². The molecule has 0 saturated heterocycles. The molecule has 1 aromatic carbocycles. The Balaban J connectivity index is 1.94. The van der Waals surface area contributed by atoms with Crippen molar-refractivity contribution in [1.82, 2.24) is 10.5 Å². The van der Waals surface area contributed by atoms with Crippen molar-refractivity contribution in [2.45, 2.75) is 33.7 Å². The standard InChI is InChI=1S/C22H23N3O3S/c1-11-6-8-15(9-7-11)19-17-12(2)14(4)29-21(17)18-13(3)25-28-20(18)16(24-19)10-23-22(26)27-5/h6-9,16H,10H2,1-5H3,(H,23,26). The highest BCUT2D eigenvalue weighted by Crippen LogP contribution is 2.45. The minimum Gasteiger partial charge on any atom is -0.453 e. The summed E-state index contributed by atoms with van der Waals surface area (Å²) in [7, 11) is 1.34. The van der Waals surface area contributed by atoms with Crippen LogP contribution in [0.3, 0.4) is 0 Å². The molecule has 150 valence electrons. The quantitative estimate of drug-likeness (QED) is 0.668. The van der Waals surface area contributed by atoms with Crippen LogP contribution in [0.5, 0.6) is 0 Å². The van der Waals surface area contributed by atoms with Gasteiger partial charge in [0, 0.05) is 20.9 Å². The molecule has 1 N–H and O–H groups in total. The molecule has 7 heteroatoms. The van der Waals surface area contributed by atoms with E-state index >= 15 is 0 Å². The molecular formula is C22H23N3O3S. The molecule has 0 radical (unpaired) electrons. The van der Waals surface area contributed by atoms with E-state index in [1.165, 1.54) is 23.1 Å². The van der Waals surface area contributed by atoms with Gasteiger partial charge in [-0.25, -0.2) is 4.79 Å². The predicted molar refractivity (Wildman–Crippen MR) is 114 cm³/mol. The molecule has 1 aliphatic heterocycles. The average Bonchev–Trinajstić information content (AvgIpc) is 3.18. The smallest absolute Gasteiger partial charge is 0.406 e. The van der Waals surface area contributed by atoms with Crippen molar-refractivity contribution in [1.29, 1.82) is 0 Å². The largest absolute Gasteiger partial charge is 0.453 e. The fourth-order valence-corrected chi connectivity index (χ4v) is 4.84. The molecule has 3 aromatic rings. The molecule has 0 spiro atoms. The van der Waals surface area contributed by atoms with E-state index in [2.05, 4.69) is 55.5 Å². The maximum atomic E-state index is 11.7. The molecule has 0 aliphatic carbocycles. The third-order valence-electron chi connectivity index (χ3n) is 5.28. The van der Waals surface area contributed by atoms with Crippen LogP contribution in [0.25, 0.3) is 10.4 Å². The summed E-state index contributed by atoms with van der Waals surface area (Å²) in [5, 5.41) is 6.96. The zero-order valence-electron chi connectivity index (χ0n) is 17.1. The summed E-state index contributed by atoms with van der Waals surface area (Å²) in [4.78, 5) is 19.1. The Bertz CT molecular complexity index is 1110.